The molecule has 2 aliphatic rings. The Morgan fingerprint density at radius 3 is 1.33 bits per heavy atom. The summed E-state index contributed by atoms with van der Waals surface area (Å²) in [6.07, 6.45) is 14.4. The van der Waals surface area contributed by atoms with Crippen molar-refractivity contribution < 1.29 is 32.2 Å². The SMILES string of the molecule is CC1=CC(C)[C-]=C1c1ccco1.CC1=CC(C)[C-]=C1c1ccco1.C[Si](C)=[Zr+2].Cl.Cl. The van der Waals surface area contributed by atoms with Crippen molar-refractivity contribution in [3.8, 4) is 0 Å². The molecule has 0 spiro atoms. The van der Waals surface area contributed by atoms with Gasteiger partial charge >= 0.3 is 41.9 Å². The zero-order chi connectivity index (χ0) is 20.7. The molecule has 0 saturated heterocycles. The van der Waals surface area contributed by atoms with Crippen LogP contribution in [0, 0.1) is 24.0 Å². The minimum atomic E-state index is 0. The van der Waals surface area contributed by atoms with Gasteiger partial charge in [-0.3, -0.25) is 0 Å². The molecule has 2 nitrogen and oxygen atoms in total. The zero-order valence-corrected chi connectivity index (χ0v) is 23.5. The molecule has 0 aromatic carbocycles. The Labute approximate surface area is 208 Å². The summed E-state index contributed by atoms with van der Waals surface area (Å²) in [6.45, 7) is 13.0. The third-order valence-electron chi connectivity index (χ3n) is 4.07. The number of rotatable bonds is 2. The molecule has 2 aromatic rings. The summed E-state index contributed by atoms with van der Waals surface area (Å²) < 4.78 is 10.6. The fourth-order valence-corrected chi connectivity index (χ4v) is 3.06. The van der Waals surface area contributed by atoms with Gasteiger partial charge in [0.25, 0.3) is 0 Å². The summed E-state index contributed by atoms with van der Waals surface area (Å²) in [5.74, 6) is 2.69. The number of hydrogen-bond acceptors (Lipinski definition) is 2. The van der Waals surface area contributed by atoms with Gasteiger partial charge in [0.2, 0.25) is 0 Å². The van der Waals surface area contributed by atoms with Gasteiger partial charge in [0, 0.05) is 11.5 Å². The number of allylic oxidation sites excluding steroid dienone is 8. The molecule has 2 aliphatic carbocycles. The van der Waals surface area contributed by atoms with Gasteiger partial charge in [-0.1, -0.05) is 51.7 Å². The Balaban J connectivity index is 0.000000452. The van der Waals surface area contributed by atoms with Crippen molar-refractivity contribution in [2.45, 2.75) is 40.8 Å². The molecule has 6 heteroatoms. The van der Waals surface area contributed by atoms with E-state index in [0.717, 1.165) is 22.7 Å². The maximum absolute atomic E-state index is 5.30. The number of furan rings is 2. The van der Waals surface area contributed by atoms with Gasteiger partial charge in [-0.25, -0.2) is 0 Å². The second kappa shape index (κ2) is 14.3. The van der Waals surface area contributed by atoms with Gasteiger partial charge in [-0.15, -0.1) is 37.0 Å². The molecule has 2 unspecified atom stereocenters. The molecule has 30 heavy (non-hydrogen) atoms. The molecule has 0 fully saturated rings. The summed E-state index contributed by atoms with van der Waals surface area (Å²) in [6, 6.07) is 7.75. The third-order valence-corrected chi connectivity index (χ3v) is 4.07. The van der Waals surface area contributed by atoms with Crippen molar-refractivity contribution in [3.63, 3.8) is 0 Å². The van der Waals surface area contributed by atoms with Crippen LogP contribution in [-0.4, -0.2) is 5.43 Å². The monoisotopic (exact) mass is 538 g/mol. The normalized spacial score (nSPS) is 18.8. The van der Waals surface area contributed by atoms with Gasteiger partial charge in [0.05, 0.1) is 12.5 Å². The Morgan fingerprint density at radius 1 is 0.800 bits per heavy atom. The predicted molar refractivity (Wildman–Crippen MR) is 129 cm³/mol. The molecule has 0 amide bonds. The fourth-order valence-electron chi connectivity index (χ4n) is 3.06. The van der Waals surface area contributed by atoms with Gasteiger partial charge < -0.3 is 8.83 Å². The van der Waals surface area contributed by atoms with E-state index in [1.54, 1.807) is 35.9 Å². The Bertz CT molecular complexity index is 833. The van der Waals surface area contributed by atoms with E-state index in [9.17, 15) is 0 Å². The van der Waals surface area contributed by atoms with Crippen LogP contribution in [-0.2, 0) is 23.3 Å². The Morgan fingerprint density at radius 2 is 1.13 bits per heavy atom. The van der Waals surface area contributed by atoms with E-state index in [1.807, 2.05) is 24.3 Å². The molecule has 4 rings (SSSR count). The van der Waals surface area contributed by atoms with Crippen molar-refractivity contribution >= 4 is 41.4 Å². The average molecular weight is 541 g/mol. The van der Waals surface area contributed by atoms with Crippen LogP contribution in [0.1, 0.15) is 39.2 Å². The van der Waals surface area contributed by atoms with E-state index in [1.165, 1.54) is 11.1 Å². The van der Waals surface area contributed by atoms with Crippen molar-refractivity contribution in [1.29, 1.82) is 0 Å². The largest absolute Gasteiger partial charge is 0.147 e. The van der Waals surface area contributed by atoms with Crippen LogP contribution >= 0.6 is 24.8 Å². The molecular formula is C24H30Cl2O2SiZr. The summed E-state index contributed by atoms with van der Waals surface area (Å²) in [5, 5.41) is 0. The van der Waals surface area contributed by atoms with Crippen LogP contribution in [0.2, 0.25) is 13.1 Å². The van der Waals surface area contributed by atoms with E-state index in [2.05, 4.69) is 65.1 Å². The first-order chi connectivity index (χ1) is 13.3. The van der Waals surface area contributed by atoms with Crippen LogP contribution in [0.15, 0.2) is 68.9 Å². The summed E-state index contributed by atoms with van der Waals surface area (Å²) in [5.41, 5.74) is 4.97. The third kappa shape index (κ3) is 9.14. The first-order valence-corrected chi connectivity index (χ1v) is 15.7. The minimum absolute atomic E-state index is 0. The molecule has 2 aromatic heterocycles. The maximum Gasteiger partial charge on any atom is -0.147 e. The topological polar surface area (TPSA) is 26.3 Å². The Hall–Kier alpha value is -0.800. The summed E-state index contributed by atoms with van der Waals surface area (Å²) in [4.78, 5) is 0. The zero-order valence-electron chi connectivity index (χ0n) is 18.4. The second-order valence-corrected chi connectivity index (χ2v) is 16.6. The second-order valence-electron chi connectivity index (χ2n) is 7.27. The summed E-state index contributed by atoms with van der Waals surface area (Å²) in [7, 11) is 0. The predicted octanol–water partition coefficient (Wildman–Crippen LogP) is 7.75. The van der Waals surface area contributed by atoms with Crippen LogP contribution in [0.3, 0.4) is 0 Å². The first kappa shape index (κ1) is 29.2. The molecule has 0 N–H and O–H groups in total. The van der Waals surface area contributed by atoms with E-state index in [4.69, 9.17) is 8.83 Å². The average Bonchev–Trinajstić information content (AvgIpc) is 3.36. The fraction of sp³-hybridized carbons (Fsp3) is 0.333. The van der Waals surface area contributed by atoms with E-state index in [0.29, 0.717) is 11.8 Å². The van der Waals surface area contributed by atoms with Crippen molar-refractivity contribution in [3.05, 3.63) is 83.8 Å². The van der Waals surface area contributed by atoms with E-state index >= 15 is 0 Å². The Kier molecular flexibility index (Phi) is 13.9. The van der Waals surface area contributed by atoms with Crippen molar-refractivity contribution in [2.24, 2.45) is 11.8 Å². The first-order valence-electron chi connectivity index (χ1n) is 9.52. The van der Waals surface area contributed by atoms with Gasteiger partial charge in [-0.2, -0.15) is 34.4 Å². The number of halogens is 2. The quantitative estimate of drug-likeness (QED) is 0.288. The molecule has 0 bridgehead atoms. The van der Waals surface area contributed by atoms with Crippen LogP contribution in [0.5, 0.6) is 0 Å². The van der Waals surface area contributed by atoms with Gasteiger partial charge in [-0.05, 0) is 12.1 Å². The minimum Gasteiger partial charge on any atom is -0.147 e. The molecule has 0 aliphatic heterocycles. The smallest absolute Gasteiger partial charge is 0.147 e. The standard InChI is InChI=1S/2C11H11O.C2H6Si.2ClH.Zr/c2*1-8-6-9(2)10(7-8)11-4-3-5-12-11;1-3-2;;;/h2*3-6,8H,1-2H3;1-2H3;2*1H;/q2*-1;;;;+2. The molecule has 2 atom stereocenters. The molecule has 160 valence electrons. The van der Waals surface area contributed by atoms with Crippen LogP contribution in [0.25, 0.3) is 11.1 Å². The van der Waals surface area contributed by atoms with Crippen LogP contribution < -0.4 is 0 Å². The molecule has 0 saturated carbocycles. The molecule has 2 heterocycles. The van der Waals surface area contributed by atoms with Gasteiger partial charge in [0.15, 0.2) is 0 Å². The maximum atomic E-state index is 5.30. The van der Waals surface area contributed by atoms with Crippen molar-refractivity contribution in [1.82, 2.24) is 0 Å². The molecule has 0 radical (unpaired) electrons. The van der Waals surface area contributed by atoms with Crippen LogP contribution in [0.4, 0.5) is 0 Å². The number of hydrogen-bond donors (Lipinski definition) is 0. The van der Waals surface area contributed by atoms with E-state index < -0.39 is 0 Å². The van der Waals surface area contributed by atoms with Crippen molar-refractivity contribution in [2.75, 3.05) is 0 Å². The van der Waals surface area contributed by atoms with Gasteiger partial charge in [0.1, 0.15) is 0 Å². The van der Waals surface area contributed by atoms with E-state index in [-0.39, 0.29) is 30.2 Å². The summed E-state index contributed by atoms with van der Waals surface area (Å²) >= 11 is 1.74. The molecular weight excluding hydrogens is 510 g/mol.